The van der Waals surface area contributed by atoms with Gasteiger partial charge in [-0.1, -0.05) is 68.4 Å². The van der Waals surface area contributed by atoms with Crippen LogP contribution in [0.5, 0.6) is 11.8 Å². The second-order valence-electron chi connectivity index (χ2n) is 26.2. The number of likely N-dealkylation sites (tertiary alicyclic amines) is 1. The van der Waals surface area contributed by atoms with Crippen LogP contribution in [0.15, 0.2) is 76.9 Å². The van der Waals surface area contributed by atoms with Crippen LogP contribution >= 0.6 is 11.3 Å². The summed E-state index contributed by atoms with van der Waals surface area (Å²) in [4.78, 5) is 74.5. The largest absolute Gasteiger partial charge is 0.468 e. The van der Waals surface area contributed by atoms with Crippen LogP contribution in [0.25, 0.3) is 43.4 Å². The van der Waals surface area contributed by atoms with Crippen molar-refractivity contribution < 1.29 is 47.4 Å². The first-order valence-corrected chi connectivity index (χ1v) is 32.6. The second-order valence-corrected chi connectivity index (χ2v) is 27.0. The number of hydrogen-bond acceptors (Lipinski definition) is 19. The predicted octanol–water partition coefficient (Wildman–Crippen LogP) is 9.25. The zero-order valence-electron chi connectivity index (χ0n) is 53.0. The maximum atomic E-state index is 17.7. The van der Waals surface area contributed by atoms with E-state index in [4.69, 9.17) is 38.4 Å². The number of aryl methyl sites for hydroxylation is 2. The molecule has 0 aliphatic carbocycles. The van der Waals surface area contributed by atoms with Crippen LogP contribution in [0.2, 0.25) is 0 Å². The van der Waals surface area contributed by atoms with E-state index in [0.29, 0.717) is 59.6 Å². The number of aliphatic hydroxyl groups excluding tert-OH is 1. The first-order chi connectivity index (χ1) is 43.3. The molecule has 6 atom stereocenters. The van der Waals surface area contributed by atoms with Crippen molar-refractivity contribution in [2.75, 3.05) is 102 Å². The van der Waals surface area contributed by atoms with Crippen LogP contribution in [-0.2, 0) is 25.5 Å². The topological polar surface area (TPSA) is 217 Å². The molecule has 0 radical (unpaired) electrons. The van der Waals surface area contributed by atoms with Crippen molar-refractivity contribution in [1.29, 1.82) is 0 Å². The summed E-state index contributed by atoms with van der Waals surface area (Å²) in [5, 5.41) is 20.6. The van der Waals surface area contributed by atoms with E-state index in [0.717, 1.165) is 103 Å². The van der Waals surface area contributed by atoms with E-state index in [-0.39, 0.29) is 85.5 Å². The van der Waals surface area contributed by atoms with Gasteiger partial charge in [0.2, 0.25) is 11.8 Å². The highest BCUT2D eigenvalue weighted by atomic mass is 32.1. The van der Waals surface area contributed by atoms with Crippen LogP contribution < -0.4 is 24.6 Å². The van der Waals surface area contributed by atoms with E-state index < -0.39 is 29.5 Å². The fourth-order valence-electron chi connectivity index (χ4n) is 13.8. The summed E-state index contributed by atoms with van der Waals surface area (Å²) >= 11 is 1.59. The Morgan fingerprint density at radius 3 is 2.33 bits per heavy atom. The highest BCUT2D eigenvalue weighted by Gasteiger charge is 2.47. The van der Waals surface area contributed by atoms with Crippen molar-refractivity contribution in [3.05, 3.63) is 101 Å². The monoisotopic (exact) mass is 1250 g/mol. The van der Waals surface area contributed by atoms with Gasteiger partial charge in [0.25, 0.3) is 0 Å². The van der Waals surface area contributed by atoms with Crippen molar-refractivity contribution in [3.63, 3.8) is 0 Å². The quantitative estimate of drug-likeness (QED) is 0.0680. The summed E-state index contributed by atoms with van der Waals surface area (Å²) in [5.74, 6) is 0.533. The van der Waals surface area contributed by atoms with Gasteiger partial charge in [-0.3, -0.25) is 24.4 Å². The molecule has 12 rings (SSSR count). The number of halogens is 1. The molecule has 3 aromatic carbocycles. The summed E-state index contributed by atoms with van der Waals surface area (Å²) in [5.41, 5.74) is 6.02. The number of aromatic nitrogens is 5. The number of carbonyl (C=O) groups is 3. The molecule has 0 saturated carbocycles. The number of amides is 3. The number of methoxy groups -OCH3 is 1. The minimum absolute atomic E-state index is 0.0232. The van der Waals surface area contributed by atoms with Crippen molar-refractivity contribution >= 4 is 62.6 Å². The molecule has 4 aromatic heterocycles. The minimum Gasteiger partial charge on any atom is -0.468 e. The molecule has 5 aliphatic heterocycles. The average molecular weight is 1250 g/mol. The average Bonchev–Trinajstić information content (AvgIpc) is 1.06. The molecule has 478 valence electrons. The molecule has 2 bridgehead atoms. The van der Waals surface area contributed by atoms with Crippen LogP contribution in [0.4, 0.5) is 20.8 Å². The summed E-state index contributed by atoms with van der Waals surface area (Å²) in [6.45, 7) is 23.4. The fourth-order valence-corrected chi connectivity index (χ4v) is 14.6. The number of rotatable bonds is 20. The second kappa shape index (κ2) is 26.3. The van der Waals surface area contributed by atoms with Gasteiger partial charge in [0.15, 0.2) is 24.2 Å². The zero-order valence-corrected chi connectivity index (χ0v) is 53.8. The number of carbonyl (C=O) groups excluding carboxylic acids is 3. The van der Waals surface area contributed by atoms with E-state index in [1.807, 2.05) is 120 Å². The van der Waals surface area contributed by atoms with Gasteiger partial charge in [0.05, 0.1) is 45.7 Å². The van der Waals surface area contributed by atoms with Crippen LogP contribution in [-0.4, -0.2) is 190 Å². The number of β-amino-alcohol motifs (C(OH)–C–C–N with tert-alkyl or cyclic N) is 1. The third-order valence-electron chi connectivity index (χ3n) is 18.3. The third kappa shape index (κ3) is 13.2. The molecule has 90 heavy (non-hydrogen) atoms. The summed E-state index contributed by atoms with van der Waals surface area (Å²) in [7, 11) is 1.56. The van der Waals surface area contributed by atoms with Gasteiger partial charge >= 0.3 is 12.1 Å². The molecule has 5 aliphatic rings. The minimum atomic E-state index is -0.832. The maximum absolute atomic E-state index is 17.7. The number of hydrogen-bond donors (Lipinski definition) is 2. The molecular formula is C67H83FN12O9S. The standard InChI is InChI=1S/C67H83FN12O9S/c1-10-43-12-11-13-46-26-50(87-38-85-9)28-51(57(43)46)59-58(68)60-52(30-69-59)62(78-34-47-18-19-48(35-78)80(47)66(84)88-67(6,7)8)73-65(72-60)86-25-24-75-20-22-76(23-21-75)31-42-32-77(33-42)55-29-54(89-74-55)56(39(2)3)64(83)79-36-49(81)27-53(79)63(82)71-40(4)44-14-16-45(17-15-44)61-41(5)70-37-90-61/h11-17,26,28-30,37,39-40,42,47-49,53,56,81H,10,18-25,27,31-36,38H2,1-9H3,(H,71,82)/t40?,47?,48?,49-,53+,56?/m1/s1. The predicted molar refractivity (Wildman–Crippen MR) is 342 cm³/mol. The van der Waals surface area contributed by atoms with Gasteiger partial charge in [-0.25, -0.2) is 14.2 Å². The number of ether oxygens (including phenoxy) is 4. The molecule has 23 heteroatoms. The van der Waals surface area contributed by atoms with Gasteiger partial charge in [0.1, 0.15) is 46.9 Å². The lowest BCUT2D eigenvalue weighted by molar-refractivity contribution is -0.141. The number of fused-ring (bicyclic) bond motifs is 4. The van der Waals surface area contributed by atoms with Crippen LogP contribution in [0.3, 0.4) is 0 Å². The molecule has 0 spiro atoms. The number of pyridine rings is 1. The van der Waals surface area contributed by atoms with Crippen LogP contribution in [0.1, 0.15) is 102 Å². The fraction of sp³-hybridized carbons (Fsp3) is 0.522. The Balaban J connectivity index is 0.666. The Hall–Kier alpha value is -7.57. The number of anilines is 2. The molecule has 5 saturated heterocycles. The summed E-state index contributed by atoms with van der Waals surface area (Å²) in [6.07, 6.45) is 2.99. The molecule has 2 N–H and O–H groups in total. The van der Waals surface area contributed by atoms with Crippen molar-refractivity contribution in [1.82, 2.24) is 50.0 Å². The number of thiazole rings is 1. The van der Waals surface area contributed by atoms with E-state index in [1.165, 1.54) is 4.90 Å². The SMILES string of the molecule is CCc1cccc2cc(OCOC)cc(-c3ncc4c(N5CC6CCC(C5)N6C(=O)OC(C)(C)C)nc(OCCN5CCN(CC6CN(c7cc(C(C(=O)N8C[C@H](O)C[C@H]8C(=O)NC(C)c8ccc(-c9scnc9C)cc8)C(C)C)on7)C6)CC5)nc4c3F)c12. The van der Waals surface area contributed by atoms with E-state index in [1.54, 1.807) is 24.6 Å². The van der Waals surface area contributed by atoms with Crippen molar-refractivity contribution in [2.24, 2.45) is 11.8 Å². The lowest BCUT2D eigenvalue weighted by Crippen LogP contribution is -2.57. The maximum Gasteiger partial charge on any atom is 0.410 e. The number of nitrogens with zero attached hydrogens (tertiary/aromatic N) is 11. The Morgan fingerprint density at radius 1 is 0.900 bits per heavy atom. The molecule has 21 nitrogen and oxygen atoms in total. The van der Waals surface area contributed by atoms with E-state index >= 15 is 4.39 Å². The molecule has 9 heterocycles. The zero-order chi connectivity index (χ0) is 63.1. The lowest BCUT2D eigenvalue weighted by atomic mass is 9.91. The van der Waals surface area contributed by atoms with Crippen LogP contribution in [0, 0.1) is 24.6 Å². The van der Waals surface area contributed by atoms with E-state index in [2.05, 4.69) is 42.0 Å². The Morgan fingerprint density at radius 2 is 1.64 bits per heavy atom. The summed E-state index contributed by atoms with van der Waals surface area (Å²) in [6, 6.07) is 18.4. The number of aliphatic hydroxyl groups is 1. The Bertz CT molecular complexity index is 3720. The van der Waals surface area contributed by atoms with Gasteiger partial charge in [0, 0.05) is 109 Å². The lowest BCUT2D eigenvalue weighted by Gasteiger charge is -2.43. The normalized spacial score (nSPS) is 20.7. The smallest absolute Gasteiger partial charge is 0.410 e. The molecular weight excluding hydrogens is 1170 g/mol. The third-order valence-corrected chi connectivity index (χ3v) is 19.3. The molecule has 4 unspecified atom stereocenters. The van der Waals surface area contributed by atoms with Gasteiger partial charge in [-0.15, -0.1) is 11.3 Å². The van der Waals surface area contributed by atoms with E-state index in [9.17, 15) is 19.5 Å². The van der Waals surface area contributed by atoms with Crippen molar-refractivity contribution in [3.8, 4) is 33.5 Å². The van der Waals surface area contributed by atoms with Gasteiger partial charge < -0.3 is 53.5 Å². The molecule has 7 aromatic rings. The first-order valence-electron chi connectivity index (χ1n) is 31.7. The van der Waals surface area contributed by atoms with Gasteiger partial charge in [-0.05, 0) is 99.4 Å². The van der Waals surface area contributed by atoms with Gasteiger partial charge in [-0.2, -0.15) is 9.97 Å². The Labute approximate surface area is 528 Å². The highest BCUT2D eigenvalue weighted by molar-refractivity contribution is 7.13. The Kier molecular flexibility index (Phi) is 18.3. The highest BCUT2D eigenvalue weighted by Crippen LogP contribution is 2.42. The van der Waals surface area contributed by atoms with Crippen molar-refractivity contribution in [2.45, 2.75) is 123 Å². The number of piperazine rings is 2. The number of benzene rings is 3. The molecule has 5 fully saturated rings. The number of nitrogens with one attached hydrogen (secondary N) is 1. The molecule has 3 amide bonds. The first kappa shape index (κ1) is 62.6. The summed E-state index contributed by atoms with van der Waals surface area (Å²) < 4.78 is 47.0.